The van der Waals surface area contributed by atoms with E-state index in [9.17, 15) is 13.2 Å². The Hall–Kier alpha value is -0.290. The molecule has 0 aliphatic rings. The van der Waals surface area contributed by atoms with E-state index in [1.807, 2.05) is 0 Å². The zero-order valence-electron chi connectivity index (χ0n) is 7.55. The van der Waals surface area contributed by atoms with E-state index in [4.69, 9.17) is 0 Å². The quantitative estimate of drug-likeness (QED) is 0.684. The summed E-state index contributed by atoms with van der Waals surface area (Å²) in [6, 6.07) is 0. The molecule has 0 fully saturated rings. The molecule has 0 rings (SSSR count). The Labute approximate surface area is 70.5 Å². The predicted octanol–water partition coefficient (Wildman–Crippen LogP) is 1.14. The molecule has 0 spiro atoms. The van der Waals surface area contributed by atoms with Crippen molar-refractivity contribution in [1.82, 2.24) is 10.6 Å². The predicted molar refractivity (Wildman–Crippen MR) is 42.1 cm³/mol. The van der Waals surface area contributed by atoms with Crippen LogP contribution in [0.25, 0.3) is 0 Å². The first kappa shape index (κ1) is 11.7. The van der Waals surface area contributed by atoms with Crippen LogP contribution in [0.4, 0.5) is 13.2 Å². The molecule has 2 N–H and O–H groups in total. The Kier molecular flexibility index (Phi) is 3.99. The van der Waals surface area contributed by atoms with Crippen LogP contribution >= 0.6 is 0 Å². The van der Waals surface area contributed by atoms with E-state index in [0.717, 1.165) is 0 Å². The summed E-state index contributed by atoms with van der Waals surface area (Å²) in [5, 5.41) is 5.23. The second kappa shape index (κ2) is 4.09. The molecule has 74 valence electrons. The van der Waals surface area contributed by atoms with Gasteiger partial charge in [-0.15, -0.1) is 0 Å². The van der Waals surface area contributed by atoms with Gasteiger partial charge < -0.3 is 10.6 Å². The van der Waals surface area contributed by atoms with E-state index >= 15 is 0 Å². The van der Waals surface area contributed by atoms with Gasteiger partial charge in [-0.25, -0.2) is 0 Å². The summed E-state index contributed by atoms with van der Waals surface area (Å²) in [7, 11) is 1.71. The van der Waals surface area contributed by atoms with Crippen LogP contribution in [0.3, 0.4) is 0 Å². The van der Waals surface area contributed by atoms with Gasteiger partial charge in [0.2, 0.25) is 0 Å². The number of hydrogen-bond acceptors (Lipinski definition) is 2. The number of hydrogen-bond donors (Lipinski definition) is 2. The maximum absolute atomic E-state index is 11.7. The minimum atomic E-state index is -4.13. The number of nitrogens with one attached hydrogen (secondary N) is 2. The second-order valence-corrected chi connectivity index (χ2v) is 3.38. The molecule has 0 unspecified atom stereocenters. The zero-order chi connectivity index (χ0) is 9.83. The standard InChI is InChI=1S/C7H15F3N2/c1-6(2,4-11-3)12-5-7(8,9)10/h11-12H,4-5H2,1-3H3. The zero-order valence-corrected chi connectivity index (χ0v) is 7.55. The van der Waals surface area contributed by atoms with Crippen molar-refractivity contribution in [1.29, 1.82) is 0 Å². The van der Waals surface area contributed by atoms with E-state index in [2.05, 4.69) is 10.6 Å². The van der Waals surface area contributed by atoms with Crippen molar-refractivity contribution in [2.24, 2.45) is 0 Å². The summed E-state index contributed by atoms with van der Waals surface area (Å²) in [6.45, 7) is 3.00. The van der Waals surface area contributed by atoms with Crippen molar-refractivity contribution >= 4 is 0 Å². The van der Waals surface area contributed by atoms with Gasteiger partial charge in [-0.05, 0) is 20.9 Å². The summed E-state index contributed by atoms with van der Waals surface area (Å²) in [6.07, 6.45) is -4.13. The lowest BCUT2D eigenvalue weighted by Crippen LogP contribution is -2.50. The van der Waals surface area contributed by atoms with Crippen molar-refractivity contribution in [2.75, 3.05) is 20.1 Å². The van der Waals surface area contributed by atoms with Gasteiger partial charge in [0.05, 0.1) is 6.54 Å². The van der Waals surface area contributed by atoms with Gasteiger partial charge in [0.25, 0.3) is 0 Å². The van der Waals surface area contributed by atoms with Crippen molar-refractivity contribution < 1.29 is 13.2 Å². The molecular weight excluding hydrogens is 169 g/mol. The summed E-state index contributed by atoms with van der Waals surface area (Å²) in [5.41, 5.74) is -0.524. The molecule has 0 aliphatic carbocycles. The number of halogens is 3. The van der Waals surface area contributed by atoms with Gasteiger partial charge in [-0.2, -0.15) is 13.2 Å². The number of alkyl halides is 3. The Bertz CT molecular complexity index is 131. The molecule has 0 heterocycles. The highest BCUT2D eigenvalue weighted by Crippen LogP contribution is 2.14. The van der Waals surface area contributed by atoms with Gasteiger partial charge in [-0.3, -0.25) is 0 Å². The lowest BCUT2D eigenvalue weighted by atomic mass is 10.1. The van der Waals surface area contributed by atoms with E-state index in [0.29, 0.717) is 6.54 Å². The minimum Gasteiger partial charge on any atom is -0.318 e. The maximum atomic E-state index is 11.7. The molecule has 0 atom stereocenters. The third-order valence-corrected chi connectivity index (χ3v) is 1.39. The lowest BCUT2D eigenvalue weighted by molar-refractivity contribution is -0.128. The normalized spacial score (nSPS) is 13.5. The fourth-order valence-electron chi connectivity index (χ4n) is 0.844. The van der Waals surface area contributed by atoms with Crippen molar-refractivity contribution in [3.05, 3.63) is 0 Å². The SMILES string of the molecule is CNCC(C)(C)NCC(F)(F)F. The molecule has 0 bridgehead atoms. The molecule has 2 nitrogen and oxygen atoms in total. The summed E-state index contributed by atoms with van der Waals surface area (Å²) < 4.78 is 35.2. The molecule has 0 saturated heterocycles. The molecule has 12 heavy (non-hydrogen) atoms. The van der Waals surface area contributed by atoms with Gasteiger partial charge in [0, 0.05) is 12.1 Å². The van der Waals surface area contributed by atoms with Crippen molar-refractivity contribution in [3.63, 3.8) is 0 Å². The van der Waals surface area contributed by atoms with Crippen LogP contribution in [0.15, 0.2) is 0 Å². The van der Waals surface area contributed by atoms with Crippen LogP contribution in [0.5, 0.6) is 0 Å². The Balaban J connectivity index is 3.75. The van der Waals surface area contributed by atoms with Gasteiger partial charge in [0.15, 0.2) is 0 Å². The van der Waals surface area contributed by atoms with E-state index in [-0.39, 0.29) is 0 Å². The Morgan fingerprint density at radius 2 is 1.58 bits per heavy atom. The highest BCUT2D eigenvalue weighted by atomic mass is 19.4. The molecule has 0 saturated carbocycles. The first-order chi connectivity index (χ1) is 5.27. The van der Waals surface area contributed by atoms with Gasteiger partial charge >= 0.3 is 6.18 Å². The van der Waals surface area contributed by atoms with Crippen LogP contribution in [0.1, 0.15) is 13.8 Å². The molecule has 0 aliphatic heterocycles. The van der Waals surface area contributed by atoms with Crippen molar-refractivity contribution in [3.8, 4) is 0 Å². The van der Waals surface area contributed by atoms with E-state index < -0.39 is 18.3 Å². The largest absolute Gasteiger partial charge is 0.401 e. The Morgan fingerprint density at radius 1 is 1.08 bits per heavy atom. The highest BCUT2D eigenvalue weighted by molar-refractivity contribution is 4.80. The van der Waals surface area contributed by atoms with E-state index in [1.165, 1.54) is 0 Å². The molecular formula is C7H15F3N2. The third kappa shape index (κ3) is 6.42. The molecule has 0 amide bonds. The molecule has 5 heteroatoms. The fourth-order valence-corrected chi connectivity index (χ4v) is 0.844. The van der Waals surface area contributed by atoms with Crippen molar-refractivity contribution in [2.45, 2.75) is 25.6 Å². The average Bonchev–Trinajstić information content (AvgIpc) is 1.83. The monoisotopic (exact) mass is 184 g/mol. The summed E-state index contributed by atoms with van der Waals surface area (Å²) >= 11 is 0. The van der Waals surface area contributed by atoms with Gasteiger partial charge in [0.1, 0.15) is 0 Å². The molecule has 0 aromatic heterocycles. The summed E-state index contributed by atoms with van der Waals surface area (Å²) in [4.78, 5) is 0. The maximum Gasteiger partial charge on any atom is 0.401 e. The average molecular weight is 184 g/mol. The smallest absolute Gasteiger partial charge is 0.318 e. The number of likely N-dealkylation sites (N-methyl/N-ethyl adjacent to an activating group) is 1. The molecule has 0 aromatic carbocycles. The van der Waals surface area contributed by atoms with Crippen LogP contribution in [0, 0.1) is 0 Å². The van der Waals surface area contributed by atoms with E-state index in [1.54, 1.807) is 20.9 Å². The topological polar surface area (TPSA) is 24.1 Å². The molecule has 0 radical (unpaired) electrons. The van der Waals surface area contributed by atoms with Crippen LogP contribution in [-0.4, -0.2) is 31.9 Å². The van der Waals surface area contributed by atoms with Crippen LogP contribution < -0.4 is 10.6 Å². The second-order valence-electron chi connectivity index (χ2n) is 3.38. The molecule has 0 aromatic rings. The van der Waals surface area contributed by atoms with Crippen LogP contribution in [-0.2, 0) is 0 Å². The van der Waals surface area contributed by atoms with Crippen LogP contribution in [0.2, 0.25) is 0 Å². The third-order valence-electron chi connectivity index (χ3n) is 1.39. The highest BCUT2D eigenvalue weighted by Gasteiger charge is 2.30. The minimum absolute atomic E-state index is 0.503. The summed E-state index contributed by atoms with van der Waals surface area (Å²) in [5.74, 6) is 0. The first-order valence-corrected chi connectivity index (χ1v) is 3.73. The fraction of sp³-hybridized carbons (Fsp3) is 1.00. The first-order valence-electron chi connectivity index (χ1n) is 3.73. The van der Waals surface area contributed by atoms with Gasteiger partial charge in [-0.1, -0.05) is 0 Å². The number of rotatable bonds is 4. The Morgan fingerprint density at radius 3 is 1.92 bits per heavy atom. The lowest BCUT2D eigenvalue weighted by Gasteiger charge is -2.26.